The molecule has 172 valence electrons. The maximum absolute atomic E-state index is 6.94. The van der Waals surface area contributed by atoms with Crippen LogP contribution >= 0.6 is 23.2 Å². The molecule has 34 heavy (non-hydrogen) atoms. The van der Waals surface area contributed by atoms with Gasteiger partial charge in [-0.15, -0.1) is 0 Å². The zero-order valence-corrected chi connectivity index (χ0v) is 20.7. The largest absolute Gasteiger partial charge is 0.328 e. The van der Waals surface area contributed by atoms with Crippen molar-refractivity contribution in [3.63, 3.8) is 0 Å². The molecule has 0 aliphatic carbocycles. The van der Waals surface area contributed by atoms with E-state index in [1.54, 1.807) is 0 Å². The van der Waals surface area contributed by atoms with Crippen molar-refractivity contribution in [3.8, 4) is 0 Å². The highest BCUT2D eigenvalue weighted by molar-refractivity contribution is 6.41. The molecule has 3 aromatic heterocycles. The number of nitrogens with zero attached hydrogens (tertiary/aromatic N) is 7. The van der Waals surface area contributed by atoms with Gasteiger partial charge in [0.05, 0.1) is 21.4 Å². The first-order valence-electron chi connectivity index (χ1n) is 10.7. The molecule has 0 N–H and O–H groups in total. The lowest BCUT2D eigenvalue weighted by molar-refractivity contribution is 1.02. The molecule has 0 spiro atoms. The summed E-state index contributed by atoms with van der Waals surface area (Å²) in [6, 6.07) is 21.3. The minimum atomic E-state index is 0.512. The summed E-state index contributed by atoms with van der Waals surface area (Å²) in [5, 5.41) is 1.04. The molecule has 5 rings (SSSR count). The van der Waals surface area contributed by atoms with Crippen LogP contribution in [0.15, 0.2) is 66.7 Å². The van der Waals surface area contributed by atoms with Crippen LogP contribution in [0.3, 0.4) is 0 Å². The second-order valence-corrected chi connectivity index (χ2v) is 8.81. The van der Waals surface area contributed by atoms with Crippen LogP contribution in [0.25, 0.3) is 0 Å². The molecule has 0 amide bonds. The Hall–Kier alpha value is -3.55. The average Bonchev–Trinajstić information content (AvgIpc) is 2.87. The van der Waals surface area contributed by atoms with E-state index in [0.717, 1.165) is 34.8 Å². The lowest BCUT2D eigenvalue weighted by Gasteiger charge is -2.28. The van der Waals surface area contributed by atoms with Crippen molar-refractivity contribution in [3.05, 3.63) is 76.8 Å². The minimum Gasteiger partial charge on any atom is -0.328 e. The van der Waals surface area contributed by atoms with Crippen LogP contribution in [0.5, 0.6) is 0 Å². The Morgan fingerprint density at radius 3 is 1.32 bits per heavy atom. The summed E-state index contributed by atoms with van der Waals surface area (Å²) in [4.78, 5) is 22.3. The van der Waals surface area contributed by atoms with E-state index in [0.29, 0.717) is 21.6 Å². The Bertz CT molecular complexity index is 1380. The lowest BCUT2D eigenvalue weighted by atomic mass is 10.2. The van der Waals surface area contributed by atoms with Crippen LogP contribution < -0.4 is 19.6 Å². The monoisotopic (exact) mass is 491 g/mol. The molecule has 0 fully saturated rings. The van der Waals surface area contributed by atoms with Gasteiger partial charge in [-0.3, -0.25) is 0 Å². The molecule has 1 aliphatic heterocycles. The van der Waals surface area contributed by atoms with Crippen LogP contribution in [0.2, 0.25) is 10.0 Å². The maximum Gasteiger partial charge on any atom is 0.136 e. The highest BCUT2D eigenvalue weighted by atomic mass is 35.5. The van der Waals surface area contributed by atoms with Crippen molar-refractivity contribution in [2.24, 2.45) is 0 Å². The molecular formula is C25H23Cl2N7. The summed E-state index contributed by atoms with van der Waals surface area (Å²) in [5.41, 5.74) is 1.45. The standard InChI is InChI=1S/C25H23Cl2N7/c1-31-17-15-14-16(26)25(24(17)27)34(4)23-13-7-12-22(30-23)33(3)21-11-6-10-20(29-21)32(2)19-9-5-8-18(31)28-19/h5-15H,1-4H3. The SMILES string of the molecule is CN1c2cccc(n2)N(C)c2cccc(n2)N(C)c2c(Cl)ccc(c2Cl)N(C)c2cccc1n2. The van der Waals surface area contributed by atoms with Crippen LogP contribution in [0.4, 0.5) is 46.3 Å². The predicted octanol–water partition coefficient (Wildman–Crippen LogP) is 6.56. The maximum atomic E-state index is 6.94. The van der Waals surface area contributed by atoms with Gasteiger partial charge in [-0.05, 0) is 48.5 Å². The number of aromatic nitrogens is 3. The first-order valence-corrected chi connectivity index (χ1v) is 11.4. The number of rotatable bonds is 0. The van der Waals surface area contributed by atoms with Gasteiger partial charge >= 0.3 is 0 Å². The molecule has 0 saturated carbocycles. The number of pyridine rings is 3. The molecule has 7 nitrogen and oxygen atoms in total. The molecular weight excluding hydrogens is 469 g/mol. The van der Waals surface area contributed by atoms with Crippen molar-refractivity contribution in [2.45, 2.75) is 0 Å². The molecule has 1 aromatic carbocycles. The normalized spacial score (nSPS) is 13.4. The molecule has 0 atom stereocenters. The second-order valence-electron chi connectivity index (χ2n) is 8.03. The van der Waals surface area contributed by atoms with E-state index in [-0.39, 0.29) is 0 Å². The van der Waals surface area contributed by atoms with Gasteiger partial charge in [0.15, 0.2) is 0 Å². The van der Waals surface area contributed by atoms with Gasteiger partial charge in [0, 0.05) is 28.2 Å². The number of fused-ring (bicyclic) bond motifs is 8. The van der Waals surface area contributed by atoms with Gasteiger partial charge in [-0.25, -0.2) is 15.0 Å². The Labute approximate surface area is 208 Å². The smallest absolute Gasteiger partial charge is 0.136 e. The summed E-state index contributed by atoms with van der Waals surface area (Å²) in [6.07, 6.45) is 0. The summed E-state index contributed by atoms with van der Waals surface area (Å²) in [6.45, 7) is 0. The minimum absolute atomic E-state index is 0.512. The molecule has 4 aromatic rings. The quantitative estimate of drug-likeness (QED) is 0.275. The molecule has 8 bridgehead atoms. The van der Waals surface area contributed by atoms with E-state index in [1.807, 2.05) is 115 Å². The highest BCUT2D eigenvalue weighted by Gasteiger charge is 2.21. The number of anilines is 8. The van der Waals surface area contributed by atoms with E-state index in [1.165, 1.54) is 0 Å². The van der Waals surface area contributed by atoms with Crippen molar-refractivity contribution < 1.29 is 0 Å². The summed E-state index contributed by atoms with van der Waals surface area (Å²) in [7, 11) is 7.72. The van der Waals surface area contributed by atoms with Gasteiger partial charge in [0.25, 0.3) is 0 Å². The second kappa shape index (κ2) is 8.66. The van der Waals surface area contributed by atoms with Gasteiger partial charge in [0.1, 0.15) is 34.9 Å². The van der Waals surface area contributed by atoms with Crippen molar-refractivity contribution in [1.29, 1.82) is 0 Å². The lowest BCUT2D eigenvalue weighted by Crippen LogP contribution is -2.20. The van der Waals surface area contributed by atoms with E-state index in [9.17, 15) is 0 Å². The fraction of sp³-hybridized carbons (Fsp3) is 0.160. The predicted molar refractivity (Wildman–Crippen MR) is 141 cm³/mol. The molecule has 1 aliphatic rings. The van der Waals surface area contributed by atoms with E-state index < -0.39 is 0 Å². The molecule has 0 radical (unpaired) electrons. The van der Waals surface area contributed by atoms with Crippen LogP contribution in [-0.4, -0.2) is 43.1 Å². The highest BCUT2D eigenvalue weighted by Crippen LogP contribution is 2.44. The van der Waals surface area contributed by atoms with Crippen molar-refractivity contribution in [2.75, 3.05) is 47.8 Å². The Balaban J connectivity index is 1.77. The number of hydrogen-bond acceptors (Lipinski definition) is 7. The molecule has 9 heteroatoms. The third kappa shape index (κ3) is 3.77. The van der Waals surface area contributed by atoms with Gasteiger partial charge < -0.3 is 19.6 Å². The van der Waals surface area contributed by atoms with Gasteiger partial charge in [0.2, 0.25) is 0 Å². The molecule has 0 saturated heterocycles. The van der Waals surface area contributed by atoms with E-state index in [4.69, 9.17) is 38.2 Å². The number of benzene rings is 1. The number of hydrogen-bond donors (Lipinski definition) is 0. The summed E-state index contributed by atoms with van der Waals surface area (Å²) >= 11 is 13.6. The molecule has 4 heterocycles. The van der Waals surface area contributed by atoms with E-state index >= 15 is 0 Å². The third-order valence-electron chi connectivity index (χ3n) is 5.96. The van der Waals surface area contributed by atoms with Crippen LogP contribution in [0.1, 0.15) is 0 Å². The van der Waals surface area contributed by atoms with Gasteiger partial charge in [-0.1, -0.05) is 41.4 Å². The molecule has 0 unspecified atom stereocenters. The zero-order valence-electron chi connectivity index (χ0n) is 19.2. The zero-order chi connectivity index (χ0) is 24.0. The Morgan fingerprint density at radius 2 is 0.882 bits per heavy atom. The van der Waals surface area contributed by atoms with Crippen molar-refractivity contribution >= 4 is 69.5 Å². The fourth-order valence-electron chi connectivity index (χ4n) is 3.93. The average molecular weight is 492 g/mol. The third-order valence-corrected chi connectivity index (χ3v) is 6.64. The number of halogens is 2. The van der Waals surface area contributed by atoms with E-state index in [2.05, 4.69) is 0 Å². The Kier molecular flexibility index (Phi) is 5.67. The summed E-state index contributed by atoms with van der Waals surface area (Å²) < 4.78 is 0. The van der Waals surface area contributed by atoms with Gasteiger partial charge in [-0.2, -0.15) is 0 Å². The van der Waals surface area contributed by atoms with Crippen LogP contribution in [0, 0.1) is 0 Å². The summed E-state index contributed by atoms with van der Waals surface area (Å²) in [5.74, 6) is 4.46. The van der Waals surface area contributed by atoms with Crippen LogP contribution in [-0.2, 0) is 0 Å². The first-order chi connectivity index (χ1) is 16.3. The van der Waals surface area contributed by atoms with Crippen molar-refractivity contribution in [1.82, 2.24) is 15.0 Å². The fourth-order valence-corrected chi connectivity index (χ4v) is 4.68. The topological polar surface area (TPSA) is 51.6 Å². The first kappa shape index (κ1) is 22.3. The Morgan fingerprint density at radius 1 is 0.500 bits per heavy atom.